The third kappa shape index (κ3) is 3.02. The normalized spacial score (nSPS) is 14.7. The third-order valence-corrected chi connectivity index (χ3v) is 3.69. The molecule has 0 aliphatic carbocycles. The summed E-state index contributed by atoms with van der Waals surface area (Å²) in [5, 5.41) is 9.30. The predicted molar refractivity (Wildman–Crippen MR) is 84.8 cm³/mol. The first-order chi connectivity index (χ1) is 10.7. The van der Waals surface area contributed by atoms with Crippen molar-refractivity contribution in [3.05, 3.63) is 35.1 Å². The molecular weight excluding hydrogens is 302 g/mol. The van der Waals surface area contributed by atoms with Crippen LogP contribution in [0, 0.1) is 11.3 Å². The molecule has 1 fully saturated rings. The van der Waals surface area contributed by atoms with E-state index in [0.717, 1.165) is 37.8 Å². The minimum atomic E-state index is 0.174. The second-order valence-corrected chi connectivity index (χ2v) is 5.28. The summed E-state index contributed by atoms with van der Waals surface area (Å²) in [6.07, 6.45) is 1.66. The zero-order valence-electron chi connectivity index (χ0n) is 11.8. The highest BCUT2D eigenvalue weighted by Crippen LogP contribution is 2.20. The first-order valence-corrected chi connectivity index (χ1v) is 7.19. The average Bonchev–Trinajstić information content (AvgIpc) is 2.54. The van der Waals surface area contributed by atoms with Crippen molar-refractivity contribution in [3.8, 4) is 6.07 Å². The maximum Gasteiger partial charge on any atom is 0.223 e. The molecule has 0 bridgehead atoms. The fraction of sp³-hybridized carbons (Fsp3) is 0.286. The molecule has 0 unspecified atom stereocenters. The topological polar surface area (TPSA) is 95.0 Å². The van der Waals surface area contributed by atoms with Crippen molar-refractivity contribution in [3.63, 3.8) is 0 Å². The number of hydrogen-bond donors (Lipinski definition) is 1. The molecule has 8 heteroatoms. The van der Waals surface area contributed by atoms with Gasteiger partial charge >= 0.3 is 0 Å². The van der Waals surface area contributed by atoms with Crippen LogP contribution < -0.4 is 15.5 Å². The molecule has 1 aliphatic rings. The van der Waals surface area contributed by atoms with Gasteiger partial charge in [-0.05, 0) is 12.1 Å². The van der Waals surface area contributed by atoms with Crippen LogP contribution in [0.4, 0.5) is 17.6 Å². The second-order valence-electron chi connectivity index (χ2n) is 4.90. The Labute approximate surface area is 133 Å². The van der Waals surface area contributed by atoms with Gasteiger partial charge in [0.1, 0.15) is 16.8 Å². The highest BCUT2D eigenvalue weighted by Gasteiger charge is 2.20. The molecule has 3 heterocycles. The van der Waals surface area contributed by atoms with Gasteiger partial charge in [-0.25, -0.2) is 9.97 Å². The molecule has 0 saturated carbocycles. The number of hydrogen-bond acceptors (Lipinski definition) is 7. The Kier molecular flexibility index (Phi) is 3.94. The van der Waals surface area contributed by atoms with E-state index in [9.17, 15) is 0 Å². The van der Waals surface area contributed by atoms with E-state index in [1.165, 1.54) is 0 Å². The minimum Gasteiger partial charge on any atom is -0.368 e. The lowest BCUT2D eigenvalue weighted by Gasteiger charge is -2.36. The van der Waals surface area contributed by atoms with E-state index in [0.29, 0.717) is 10.7 Å². The summed E-state index contributed by atoms with van der Waals surface area (Å²) in [5.41, 5.74) is 6.25. The van der Waals surface area contributed by atoms with Crippen LogP contribution >= 0.6 is 11.6 Å². The summed E-state index contributed by atoms with van der Waals surface area (Å²) in [6.45, 7) is 3.10. The van der Waals surface area contributed by atoms with Crippen molar-refractivity contribution >= 4 is 29.2 Å². The first-order valence-electron chi connectivity index (χ1n) is 6.82. The third-order valence-electron chi connectivity index (χ3n) is 3.50. The van der Waals surface area contributed by atoms with Crippen LogP contribution in [0.1, 0.15) is 5.56 Å². The highest BCUT2D eigenvalue weighted by molar-refractivity contribution is 6.29. The van der Waals surface area contributed by atoms with E-state index >= 15 is 0 Å². The number of rotatable bonds is 2. The molecule has 7 nitrogen and oxygen atoms in total. The molecule has 0 spiro atoms. The Morgan fingerprint density at radius 2 is 1.77 bits per heavy atom. The monoisotopic (exact) mass is 315 g/mol. The summed E-state index contributed by atoms with van der Waals surface area (Å²) in [7, 11) is 0. The van der Waals surface area contributed by atoms with E-state index in [1.807, 2.05) is 0 Å². The van der Waals surface area contributed by atoms with Gasteiger partial charge in [0.15, 0.2) is 0 Å². The Morgan fingerprint density at radius 3 is 2.41 bits per heavy atom. The van der Waals surface area contributed by atoms with E-state index in [-0.39, 0.29) is 5.95 Å². The molecule has 112 valence electrons. The van der Waals surface area contributed by atoms with E-state index in [2.05, 4.69) is 30.8 Å². The largest absolute Gasteiger partial charge is 0.368 e. The predicted octanol–water partition coefficient (Wildman–Crippen LogP) is 1.31. The van der Waals surface area contributed by atoms with Crippen molar-refractivity contribution in [2.45, 2.75) is 0 Å². The maximum absolute atomic E-state index is 8.96. The molecule has 2 aromatic rings. The van der Waals surface area contributed by atoms with Gasteiger partial charge in [-0.3, -0.25) is 0 Å². The summed E-state index contributed by atoms with van der Waals surface area (Å²) < 4.78 is 0. The number of halogens is 1. The van der Waals surface area contributed by atoms with E-state index in [4.69, 9.17) is 22.6 Å². The molecule has 3 rings (SSSR count). The number of nitrogens with zero attached hydrogens (tertiary/aromatic N) is 6. The van der Waals surface area contributed by atoms with Crippen LogP contribution in [0.2, 0.25) is 5.15 Å². The molecule has 0 amide bonds. The van der Waals surface area contributed by atoms with E-state index < -0.39 is 0 Å². The number of nitriles is 1. The average molecular weight is 316 g/mol. The standard InChI is InChI=1S/C14H14ClN7/c15-11-8-13(20-14(17)19-11)22-5-3-21(4-6-22)12-7-10(9-16)1-2-18-12/h1-2,7-8H,3-6H2,(H2,17,19,20). The second kappa shape index (κ2) is 6.03. The lowest BCUT2D eigenvalue weighted by Crippen LogP contribution is -2.47. The van der Waals surface area contributed by atoms with Crippen molar-refractivity contribution in [2.24, 2.45) is 0 Å². The van der Waals surface area contributed by atoms with Gasteiger partial charge in [0, 0.05) is 38.4 Å². The van der Waals surface area contributed by atoms with Crippen molar-refractivity contribution in [1.29, 1.82) is 5.26 Å². The molecule has 0 aromatic carbocycles. The molecule has 2 aromatic heterocycles. The summed E-state index contributed by atoms with van der Waals surface area (Å²) in [6, 6.07) is 7.34. The van der Waals surface area contributed by atoms with Crippen molar-refractivity contribution in [2.75, 3.05) is 41.7 Å². The maximum atomic E-state index is 8.96. The van der Waals surface area contributed by atoms with Gasteiger partial charge < -0.3 is 15.5 Å². The summed E-state index contributed by atoms with van der Waals surface area (Å²) in [5.74, 6) is 1.73. The van der Waals surface area contributed by atoms with E-state index in [1.54, 1.807) is 24.4 Å². The number of aromatic nitrogens is 3. The SMILES string of the molecule is N#Cc1ccnc(N2CCN(c3cc(Cl)nc(N)n3)CC2)c1. The van der Waals surface area contributed by atoms with Crippen LogP contribution in [0.25, 0.3) is 0 Å². The number of pyridine rings is 1. The Morgan fingerprint density at radius 1 is 1.09 bits per heavy atom. The first kappa shape index (κ1) is 14.4. The van der Waals surface area contributed by atoms with Gasteiger partial charge in [-0.1, -0.05) is 11.6 Å². The fourth-order valence-corrected chi connectivity index (χ4v) is 2.59. The number of anilines is 3. The lowest BCUT2D eigenvalue weighted by atomic mass is 10.2. The van der Waals surface area contributed by atoms with Crippen LogP contribution in [-0.4, -0.2) is 41.1 Å². The number of nitrogens with two attached hydrogens (primary N) is 1. The van der Waals surface area contributed by atoms with Crippen LogP contribution in [-0.2, 0) is 0 Å². The van der Waals surface area contributed by atoms with Crippen molar-refractivity contribution in [1.82, 2.24) is 15.0 Å². The van der Waals surface area contributed by atoms with Gasteiger partial charge in [0.2, 0.25) is 5.95 Å². The Bertz CT molecular complexity index is 699. The molecule has 1 saturated heterocycles. The quantitative estimate of drug-likeness (QED) is 0.835. The Hall–Kier alpha value is -2.59. The molecule has 2 N–H and O–H groups in total. The minimum absolute atomic E-state index is 0.174. The van der Waals surface area contributed by atoms with Gasteiger partial charge in [0.25, 0.3) is 0 Å². The van der Waals surface area contributed by atoms with Crippen LogP contribution in [0.5, 0.6) is 0 Å². The van der Waals surface area contributed by atoms with Crippen LogP contribution in [0.3, 0.4) is 0 Å². The van der Waals surface area contributed by atoms with Gasteiger partial charge in [-0.15, -0.1) is 0 Å². The molecule has 0 atom stereocenters. The smallest absolute Gasteiger partial charge is 0.223 e. The summed E-state index contributed by atoms with van der Waals surface area (Å²) in [4.78, 5) is 16.7. The lowest BCUT2D eigenvalue weighted by molar-refractivity contribution is 0.641. The van der Waals surface area contributed by atoms with Crippen molar-refractivity contribution < 1.29 is 0 Å². The summed E-state index contributed by atoms with van der Waals surface area (Å²) >= 11 is 5.92. The number of piperazine rings is 1. The fourth-order valence-electron chi connectivity index (χ4n) is 2.41. The van der Waals surface area contributed by atoms with Gasteiger partial charge in [-0.2, -0.15) is 10.2 Å². The highest BCUT2D eigenvalue weighted by atomic mass is 35.5. The van der Waals surface area contributed by atoms with Gasteiger partial charge in [0.05, 0.1) is 11.6 Å². The zero-order chi connectivity index (χ0) is 15.5. The molecular formula is C14H14ClN7. The molecule has 0 radical (unpaired) electrons. The molecule has 1 aliphatic heterocycles. The van der Waals surface area contributed by atoms with Crippen LogP contribution in [0.15, 0.2) is 24.4 Å². The number of nitrogen functional groups attached to an aromatic ring is 1. The zero-order valence-corrected chi connectivity index (χ0v) is 12.5. The Balaban J connectivity index is 1.71. The molecule has 22 heavy (non-hydrogen) atoms.